The average molecular weight is 180 g/mol. The van der Waals surface area contributed by atoms with Crippen molar-refractivity contribution >= 4 is 0 Å². The Morgan fingerprint density at radius 2 is 2.46 bits per heavy atom. The highest BCUT2D eigenvalue weighted by atomic mass is 15.3. The predicted molar refractivity (Wildman–Crippen MR) is 50.4 cm³/mol. The van der Waals surface area contributed by atoms with Gasteiger partial charge in [0.05, 0.1) is 0 Å². The largest absolute Gasteiger partial charge is 0.319 e. The summed E-state index contributed by atoms with van der Waals surface area (Å²) in [6.07, 6.45) is 4.22. The van der Waals surface area contributed by atoms with E-state index in [4.69, 9.17) is 0 Å². The fourth-order valence-corrected chi connectivity index (χ4v) is 2.06. The lowest BCUT2D eigenvalue weighted by atomic mass is 9.73. The van der Waals surface area contributed by atoms with Crippen molar-refractivity contribution < 1.29 is 0 Å². The van der Waals surface area contributed by atoms with Crippen LogP contribution in [0.2, 0.25) is 0 Å². The smallest absolute Gasteiger partial charge is 0.138 e. The van der Waals surface area contributed by atoms with Crippen molar-refractivity contribution in [1.29, 1.82) is 0 Å². The molecule has 0 aliphatic heterocycles. The molecule has 1 fully saturated rings. The zero-order chi connectivity index (χ0) is 9.26. The molecule has 1 aromatic rings. The number of hydrogen-bond acceptors (Lipinski definition) is 3. The van der Waals surface area contributed by atoms with Crippen LogP contribution in [0, 0.1) is 5.92 Å². The molecule has 0 saturated heterocycles. The van der Waals surface area contributed by atoms with Gasteiger partial charge in [0, 0.05) is 13.0 Å². The second-order valence-corrected chi connectivity index (χ2v) is 3.74. The Kier molecular flexibility index (Phi) is 2.31. The van der Waals surface area contributed by atoms with Crippen LogP contribution >= 0.6 is 0 Å². The monoisotopic (exact) mass is 180 g/mol. The predicted octanol–water partition coefficient (Wildman–Crippen LogP) is 0.528. The highest BCUT2D eigenvalue weighted by Crippen LogP contribution is 2.40. The highest BCUT2D eigenvalue weighted by molar-refractivity contribution is 5.04. The van der Waals surface area contributed by atoms with Gasteiger partial charge in [-0.1, -0.05) is 0 Å². The van der Waals surface area contributed by atoms with Crippen LogP contribution in [0.5, 0.6) is 0 Å². The Balaban J connectivity index is 2.06. The number of nitrogens with one attached hydrogen (secondary N) is 1. The molecule has 1 saturated carbocycles. The third-order valence-corrected chi connectivity index (χ3v) is 2.96. The summed E-state index contributed by atoms with van der Waals surface area (Å²) < 4.78 is 1.90. The Hall–Kier alpha value is -0.900. The van der Waals surface area contributed by atoms with E-state index in [9.17, 15) is 0 Å². The summed E-state index contributed by atoms with van der Waals surface area (Å²) in [5, 5.41) is 7.32. The van der Waals surface area contributed by atoms with Crippen LogP contribution < -0.4 is 5.32 Å². The molecule has 0 aromatic carbocycles. The van der Waals surface area contributed by atoms with Crippen LogP contribution in [0.4, 0.5) is 0 Å². The average Bonchev–Trinajstić information content (AvgIpc) is 2.46. The molecular weight excluding hydrogens is 164 g/mol. The van der Waals surface area contributed by atoms with Crippen LogP contribution in [-0.2, 0) is 7.05 Å². The van der Waals surface area contributed by atoms with E-state index in [1.54, 1.807) is 6.33 Å². The maximum Gasteiger partial charge on any atom is 0.138 e. The number of nitrogens with zero attached hydrogens (tertiary/aromatic N) is 3. The maximum absolute atomic E-state index is 4.29. The van der Waals surface area contributed by atoms with E-state index < -0.39 is 0 Å². The van der Waals surface area contributed by atoms with Gasteiger partial charge in [-0.05, 0) is 32.4 Å². The number of hydrogen-bond donors (Lipinski definition) is 1. The molecule has 0 spiro atoms. The van der Waals surface area contributed by atoms with Crippen LogP contribution in [0.3, 0.4) is 0 Å². The summed E-state index contributed by atoms with van der Waals surface area (Å²) in [7, 11) is 3.98. The molecule has 13 heavy (non-hydrogen) atoms. The Morgan fingerprint density at radius 1 is 1.62 bits per heavy atom. The first-order valence-corrected chi connectivity index (χ1v) is 4.81. The second kappa shape index (κ2) is 3.46. The molecule has 0 amide bonds. The van der Waals surface area contributed by atoms with Crippen molar-refractivity contribution in [1.82, 2.24) is 20.1 Å². The van der Waals surface area contributed by atoms with Gasteiger partial charge in [-0.25, -0.2) is 4.98 Å². The first-order valence-electron chi connectivity index (χ1n) is 4.81. The van der Waals surface area contributed by atoms with Gasteiger partial charge in [0.2, 0.25) is 0 Å². The van der Waals surface area contributed by atoms with E-state index >= 15 is 0 Å². The third kappa shape index (κ3) is 1.46. The van der Waals surface area contributed by atoms with Gasteiger partial charge in [-0.2, -0.15) is 5.10 Å². The summed E-state index contributed by atoms with van der Waals surface area (Å²) in [6, 6.07) is 0. The summed E-state index contributed by atoms with van der Waals surface area (Å²) in [5.74, 6) is 2.53. The van der Waals surface area contributed by atoms with Crippen molar-refractivity contribution in [2.75, 3.05) is 13.6 Å². The summed E-state index contributed by atoms with van der Waals surface area (Å²) in [6.45, 7) is 1.09. The van der Waals surface area contributed by atoms with Crippen LogP contribution in [0.1, 0.15) is 24.6 Å². The van der Waals surface area contributed by atoms with Crippen LogP contribution in [0.25, 0.3) is 0 Å². The fraction of sp³-hybridized carbons (Fsp3) is 0.778. The van der Waals surface area contributed by atoms with Crippen molar-refractivity contribution in [3.05, 3.63) is 12.2 Å². The Bertz CT molecular complexity index is 281. The van der Waals surface area contributed by atoms with E-state index in [0.29, 0.717) is 5.92 Å². The molecule has 2 rings (SSSR count). The molecule has 1 aliphatic carbocycles. The van der Waals surface area contributed by atoms with E-state index in [-0.39, 0.29) is 0 Å². The van der Waals surface area contributed by atoms with Crippen LogP contribution in [0.15, 0.2) is 6.33 Å². The SMILES string of the molecule is CNCC1CCC1c1ncnn1C. The first kappa shape index (κ1) is 8.69. The van der Waals surface area contributed by atoms with Crippen molar-refractivity contribution in [3.8, 4) is 0 Å². The van der Waals surface area contributed by atoms with E-state index in [0.717, 1.165) is 18.3 Å². The van der Waals surface area contributed by atoms with Crippen LogP contribution in [-0.4, -0.2) is 28.4 Å². The van der Waals surface area contributed by atoms with Crippen molar-refractivity contribution in [2.45, 2.75) is 18.8 Å². The highest BCUT2D eigenvalue weighted by Gasteiger charge is 2.34. The number of aryl methyl sites for hydroxylation is 1. The van der Waals surface area contributed by atoms with Crippen molar-refractivity contribution in [2.24, 2.45) is 13.0 Å². The van der Waals surface area contributed by atoms with E-state index in [1.807, 2.05) is 18.8 Å². The molecule has 2 atom stereocenters. The molecule has 1 N–H and O–H groups in total. The Morgan fingerprint density at radius 3 is 2.92 bits per heavy atom. The van der Waals surface area contributed by atoms with Gasteiger partial charge in [0.15, 0.2) is 0 Å². The minimum atomic E-state index is 0.625. The standard InChI is InChI=1S/C9H16N4/c1-10-5-7-3-4-8(7)9-11-6-12-13(9)2/h6-8,10H,3-5H2,1-2H3. The van der Waals surface area contributed by atoms with E-state index in [1.165, 1.54) is 12.8 Å². The fourth-order valence-electron chi connectivity index (χ4n) is 2.06. The molecule has 1 heterocycles. The molecule has 4 nitrogen and oxygen atoms in total. The molecule has 0 radical (unpaired) electrons. The summed E-state index contributed by atoms with van der Waals surface area (Å²) in [4.78, 5) is 4.29. The van der Waals surface area contributed by atoms with E-state index in [2.05, 4.69) is 15.4 Å². The topological polar surface area (TPSA) is 42.7 Å². The van der Waals surface area contributed by atoms with Crippen molar-refractivity contribution in [3.63, 3.8) is 0 Å². The normalized spacial score (nSPS) is 27.2. The molecule has 2 unspecified atom stereocenters. The lowest BCUT2D eigenvalue weighted by Crippen LogP contribution is -2.33. The third-order valence-electron chi connectivity index (χ3n) is 2.96. The minimum absolute atomic E-state index is 0.625. The van der Waals surface area contributed by atoms with Gasteiger partial charge >= 0.3 is 0 Å². The summed E-state index contributed by atoms with van der Waals surface area (Å²) in [5.41, 5.74) is 0. The zero-order valence-corrected chi connectivity index (χ0v) is 8.20. The lowest BCUT2D eigenvalue weighted by molar-refractivity contribution is 0.235. The minimum Gasteiger partial charge on any atom is -0.319 e. The Labute approximate surface area is 78.4 Å². The van der Waals surface area contributed by atoms with Gasteiger partial charge in [-0.3, -0.25) is 4.68 Å². The van der Waals surface area contributed by atoms with Gasteiger partial charge in [-0.15, -0.1) is 0 Å². The quantitative estimate of drug-likeness (QED) is 0.737. The molecule has 1 aromatic heterocycles. The zero-order valence-electron chi connectivity index (χ0n) is 8.20. The molecular formula is C9H16N4. The lowest BCUT2D eigenvalue weighted by Gasteiger charge is -2.35. The second-order valence-electron chi connectivity index (χ2n) is 3.74. The van der Waals surface area contributed by atoms with Gasteiger partial charge in [0.1, 0.15) is 12.2 Å². The molecule has 4 heteroatoms. The maximum atomic E-state index is 4.29. The molecule has 1 aliphatic rings. The van der Waals surface area contributed by atoms with Gasteiger partial charge in [0.25, 0.3) is 0 Å². The molecule has 0 bridgehead atoms. The summed E-state index contributed by atoms with van der Waals surface area (Å²) >= 11 is 0. The molecule has 72 valence electrons. The first-order chi connectivity index (χ1) is 6.33. The number of rotatable bonds is 3. The van der Waals surface area contributed by atoms with Gasteiger partial charge < -0.3 is 5.32 Å². The number of aromatic nitrogens is 3.